The average Bonchev–Trinajstić information content (AvgIpc) is 3.09. The molecular weight excluding hydrogens is 292 g/mol. The lowest BCUT2D eigenvalue weighted by Crippen LogP contribution is -1.91. The number of aryl methyl sites for hydroxylation is 1. The SMILES string of the molecule is Cc1ccc(-c2ccc(-c3ccns3)cc2[N+](=O)[O-])s1. The van der Waals surface area contributed by atoms with Gasteiger partial charge in [0.15, 0.2) is 0 Å². The molecule has 4 nitrogen and oxygen atoms in total. The normalized spacial score (nSPS) is 10.7. The fraction of sp³-hybridized carbons (Fsp3) is 0.0714. The van der Waals surface area contributed by atoms with E-state index < -0.39 is 0 Å². The number of aromatic nitrogens is 1. The van der Waals surface area contributed by atoms with Crippen LogP contribution in [0.15, 0.2) is 42.6 Å². The van der Waals surface area contributed by atoms with Crippen LogP contribution in [0.2, 0.25) is 0 Å². The van der Waals surface area contributed by atoms with Crippen molar-refractivity contribution in [3.63, 3.8) is 0 Å². The standard InChI is InChI=1S/C14H10N2O2S2/c1-9-2-5-14(19-9)11-4-3-10(8-12(11)16(17)18)13-6-7-15-20-13/h2-8H,1H3. The van der Waals surface area contributed by atoms with Gasteiger partial charge in [0.2, 0.25) is 0 Å². The third-order valence-corrected chi connectivity index (χ3v) is 4.75. The van der Waals surface area contributed by atoms with Crippen molar-refractivity contribution >= 4 is 28.6 Å². The summed E-state index contributed by atoms with van der Waals surface area (Å²) in [4.78, 5) is 14.0. The molecule has 2 heterocycles. The van der Waals surface area contributed by atoms with Crippen LogP contribution in [0.5, 0.6) is 0 Å². The molecule has 0 radical (unpaired) electrons. The van der Waals surface area contributed by atoms with Gasteiger partial charge in [-0.05, 0) is 42.7 Å². The van der Waals surface area contributed by atoms with E-state index in [9.17, 15) is 10.1 Å². The highest BCUT2D eigenvalue weighted by atomic mass is 32.1. The second-order valence-corrected chi connectivity index (χ2v) is 6.40. The zero-order chi connectivity index (χ0) is 14.1. The molecule has 6 heteroatoms. The molecule has 1 aromatic carbocycles. The third-order valence-electron chi connectivity index (χ3n) is 2.92. The van der Waals surface area contributed by atoms with Gasteiger partial charge in [-0.25, -0.2) is 4.37 Å². The molecule has 3 rings (SSSR count). The van der Waals surface area contributed by atoms with E-state index in [0.717, 1.165) is 20.2 Å². The van der Waals surface area contributed by atoms with Crippen LogP contribution in [0, 0.1) is 17.0 Å². The Morgan fingerprint density at radius 2 is 2.00 bits per heavy atom. The van der Waals surface area contributed by atoms with Crippen molar-refractivity contribution in [2.75, 3.05) is 0 Å². The van der Waals surface area contributed by atoms with Crippen LogP contribution in [0.3, 0.4) is 0 Å². The van der Waals surface area contributed by atoms with Crippen LogP contribution in [-0.4, -0.2) is 9.30 Å². The first-order chi connectivity index (χ1) is 9.65. The summed E-state index contributed by atoms with van der Waals surface area (Å²) in [5.41, 5.74) is 1.63. The van der Waals surface area contributed by atoms with Crippen molar-refractivity contribution in [2.24, 2.45) is 0 Å². The van der Waals surface area contributed by atoms with Crippen molar-refractivity contribution in [3.05, 3.63) is 57.6 Å². The van der Waals surface area contributed by atoms with E-state index in [2.05, 4.69) is 4.37 Å². The minimum Gasteiger partial charge on any atom is -0.258 e. The number of nitro benzene ring substituents is 1. The first kappa shape index (κ1) is 13.0. The summed E-state index contributed by atoms with van der Waals surface area (Å²) in [5.74, 6) is 0. The van der Waals surface area contributed by atoms with Gasteiger partial charge in [-0.1, -0.05) is 6.07 Å². The molecule has 20 heavy (non-hydrogen) atoms. The lowest BCUT2D eigenvalue weighted by Gasteiger charge is -2.03. The van der Waals surface area contributed by atoms with Gasteiger partial charge in [-0.2, -0.15) is 0 Å². The van der Waals surface area contributed by atoms with Crippen LogP contribution in [0.4, 0.5) is 5.69 Å². The van der Waals surface area contributed by atoms with E-state index in [4.69, 9.17) is 0 Å². The van der Waals surface area contributed by atoms with E-state index in [-0.39, 0.29) is 10.6 Å². The predicted octanol–water partition coefficient (Wildman–Crippen LogP) is 4.76. The van der Waals surface area contributed by atoms with E-state index >= 15 is 0 Å². The lowest BCUT2D eigenvalue weighted by atomic mass is 10.1. The third kappa shape index (κ3) is 2.35. The Hall–Kier alpha value is -2.05. The molecule has 2 aromatic heterocycles. The van der Waals surface area contributed by atoms with Crippen molar-refractivity contribution < 1.29 is 4.92 Å². The van der Waals surface area contributed by atoms with Gasteiger partial charge in [0.25, 0.3) is 5.69 Å². The minimum absolute atomic E-state index is 0.137. The van der Waals surface area contributed by atoms with Gasteiger partial charge in [-0.3, -0.25) is 10.1 Å². The van der Waals surface area contributed by atoms with E-state index in [1.807, 2.05) is 37.3 Å². The van der Waals surface area contributed by atoms with Gasteiger partial charge < -0.3 is 0 Å². The Balaban J connectivity index is 2.14. The van der Waals surface area contributed by atoms with Crippen molar-refractivity contribution in [2.45, 2.75) is 6.92 Å². The average molecular weight is 302 g/mol. The summed E-state index contributed by atoms with van der Waals surface area (Å²) >= 11 is 2.89. The number of thiophene rings is 1. The molecule has 0 atom stereocenters. The maximum atomic E-state index is 11.3. The maximum Gasteiger partial charge on any atom is 0.278 e. The lowest BCUT2D eigenvalue weighted by molar-refractivity contribution is -0.384. The zero-order valence-corrected chi connectivity index (χ0v) is 12.2. The Bertz CT molecular complexity index is 763. The Morgan fingerprint density at radius 1 is 1.15 bits per heavy atom. The number of rotatable bonds is 3. The van der Waals surface area contributed by atoms with Gasteiger partial charge in [0, 0.05) is 27.6 Å². The second-order valence-electron chi connectivity index (χ2n) is 4.28. The molecule has 0 saturated carbocycles. The highest BCUT2D eigenvalue weighted by Gasteiger charge is 2.18. The largest absolute Gasteiger partial charge is 0.278 e. The molecule has 0 unspecified atom stereocenters. The summed E-state index contributed by atoms with van der Waals surface area (Å²) in [6.45, 7) is 1.99. The zero-order valence-electron chi connectivity index (χ0n) is 10.6. The van der Waals surface area contributed by atoms with Gasteiger partial charge in [-0.15, -0.1) is 11.3 Å². The van der Waals surface area contributed by atoms with Crippen molar-refractivity contribution in [1.82, 2.24) is 4.37 Å². The molecule has 100 valence electrons. The Labute approximate surface area is 123 Å². The number of nitrogens with zero attached hydrogens (tertiary/aromatic N) is 2. The number of hydrogen-bond acceptors (Lipinski definition) is 5. The molecule has 0 saturated heterocycles. The molecular formula is C14H10N2O2S2. The molecule has 0 fully saturated rings. The smallest absolute Gasteiger partial charge is 0.258 e. The summed E-state index contributed by atoms with van der Waals surface area (Å²) < 4.78 is 4.03. The summed E-state index contributed by atoms with van der Waals surface area (Å²) in [7, 11) is 0. The van der Waals surface area contributed by atoms with Crippen molar-refractivity contribution in [1.29, 1.82) is 0 Å². The highest BCUT2D eigenvalue weighted by Crippen LogP contribution is 2.37. The minimum atomic E-state index is -0.324. The van der Waals surface area contributed by atoms with Crippen LogP contribution in [0.1, 0.15) is 4.88 Å². The maximum absolute atomic E-state index is 11.3. The quantitative estimate of drug-likeness (QED) is 0.518. The molecule has 0 aliphatic rings. The van der Waals surface area contributed by atoms with E-state index in [0.29, 0.717) is 5.56 Å². The monoisotopic (exact) mass is 302 g/mol. The summed E-state index contributed by atoms with van der Waals surface area (Å²) in [5, 5.41) is 11.3. The van der Waals surface area contributed by atoms with Crippen LogP contribution in [-0.2, 0) is 0 Å². The summed E-state index contributed by atoms with van der Waals surface area (Å²) in [6, 6.07) is 11.1. The predicted molar refractivity (Wildman–Crippen MR) is 82.3 cm³/mol. The fourth-order valence-corrected chi connectivity index (χ4v) is 3.48. The molecule has 0 aliphatic carbocycles. The van der Waals surface area contributed by atoms with Crippen molar-refractivity contribution in [3.8, 4) is 20.9 Å². The fourth-order valence-electron chi connectivity index (χ4n) is 1.99. The molecule has 0 spiro atoms. The molecule has 0 bridgehead atoms. The topological polar surface area (TPSA) is 56.0 Å². The molecule has 0 amide bonds. The van der Waals surface area contributed by atoms with E-state index in [1.165, 1.54) is 11.5 Å². The molecule has 0 N–H and O–H groups in total. The van der Waals surface area contributed by atoms with Crippen LogP contribution >= 0.6 is 22.9 Å². The Kier molecular flexibility index (Phi) is 3.33. The molecule has 0 aliphatic heterocycles. The van der Waals surface area contributed by atoms with Gasteiger partial charge in [0.05, 0.1) is 15.4 Å². The first-order valence-corrected chi connectivity index (χ1v) is 7.50. The second kappa shape index (κ2) is 5.15. The Morgan fingerprint density at radius 3 is 2.60 bits per heavy atom. The summed E-state index contributed by atoms with van der Waals surface area (Å²) in [6.07, 6.45) is 1.70. The van der Waals surface area contributed by atoms with E-state index in [1.54, 1.807) is 23.6 Å². The van der Waals surface area contributed by atoms with Crippen LogP contribution in [0.25, 0.3) is 20.9 Å². The number of hydrogen-bond donors (Lipinski definition) is 0. The molecule has 3 aromatic rings. The van der Waals surface area contributed by atoms with Gasteiger partial charge in [0.1, 0.15) is 0 Å². The highest BCUT2D eigenvalue weighted by molar-refractivity contribution is 7.15. The van der Waals surface area contributed by atoms with Crippen LogP contribution < -0.4 is 0 Å². The number of benzene rings is 1. The van der Waals surface area contributed by atoms with Gasteiger partial charge >= 0.3 is 0 Å². The number of nitro groups is 1. The first-order valence-electron chi connectivity index (χ1n) is 5.91.